The summed E-state index contributed by atoms with van der Waals surface area (Å²) in [6.45, 7) is 0. The molecule has 0 radical (unpaired) electrons. The van der Waals surface area contributed by atoms with Crippen LogP contribution in [-0.2, 0) is 0 Å². The highest BCUT2D eigenvalue weighted by Crippen LogP contribution is 2.45. The van der Waals surface area contributed by atoms with Crippen LogP contribution in [0.4, 0.5) is 34.1 Å². The first-order valence-corrected chi connectivity index (χ1v) is 21.0. The quantitative estimate of drug-likeness (QED) is 0.153. The fraction of sp³-hybridized carbons (Fsp3) is 0. The van der Waals surface area contributed by atoms with Crippen LogP contribution < -0.4 is 9.80 Å². The molecule has 0 amide bonds. The summed E-state index contributed by atoms with van der Waals surface area (Å²) in [5.41, 5.74) is 14.5. The Labute approximate surface area is 358 Å². The number of hydrogen-bond acceptors (Lipinski definition) is 4. The third-order valence-corrected chi connectivity index (χ3v) is 12.0. The Morgan fingerprint density at radius 2 is 0.532 bits per heavy atom. The van der Waals surface area contributed by atoms with Crippen LogP contribution in [0.3, 0.4) is 0 Å². The van der Waals surface area contributed by atoms with E-state index in [0.29, 0.717) is 0 Å². The summed E-state index contributed by atoms with van der Waals surface area (Å²) in [7, 11) is 0. The van der Waals surface area contributed by atoms with Crippen molar-refractivity contribution in [3.8, 4) is 22.3 Å². The minimum absolute atomic E-state index is 0.839. The molecule has 12 rings (SSSR count). The van der Waals surface area contributed by atoms with E-state index in [1.54, 1.807) is 0 Å². The van der Waals surface area contributed by atoms with Gasteiger partial charge in [-0.05, 0) is 130 Å². The Balaban J connectivity index is 0.945. The topological polar surface area (TPSA) is 32.8 Å². The Morgan fingerprint density at radius 1 is 0.226 bits per heavy atom. The van der Waals surface area contributed by atoms with Gasteiger partial charge in [-0.15, -0.1) is 0 Å². The summed E-state index contributed by atoms with van der Waals surface area (Å²) >= 11 is 0. The highest BCUT2D eigenvalue weighted by molar-refractivity contribution is 6.27. The second-order valence-electron chi connectivity index (χ2n) is 15.7. The third-order valence-electron chi connectivity index (χ3n) is 12.0. The lowest BCUT2D eigenvalue weighted by Crippen LogP contribution is -2.09. The molecule has 292 valence electrons. The van der Waals surface area contributed by atoms with Crippen molar-refractivity contribution in [2.24, 2.45) is 0 Å². The van der Waals surface area contributed by atoms with E-state index in [1.807, 2.05) is 0 Å². The zero-order valence-electron chi connectivity index (χ0n) is 33.7. The van der Waals surface area contributed by atoms with Crippen LogP contribution in [0.15, 0.2) is 239 Å². The minimum Gasteiger partial charge on any atom is -0.456 e. The third kappa shape index (κ3) is 6.08. The molecule has 0 aliphatic rings. The first-order chi connectivity index (χ1) is 30.7. The molecule has 0 atom stereocenters. The highest BCUT2D eigenvalue weighted by atomic mass is 16.3. The number of nitrogens with zero attached hydrogens (tertiary/aromatic N) is 2. The molecule has 10 aromatic carbocycles. The summed E-state index contributed by atoms with van der Waals surface area (Å²) in [4.78, 5) is 4.57. The molecule has 0 spiro atoms. The average Bonchev–Trinajstić information content (AvgIpc) is 3.91. The van der Waals surface area contributed by atoms with Gasteiger partial charge in [0.25, 0.3) is 0 Å². The van der Waals surface area contributed by atoms with Crippen molar-refractivity contribution in [1.82, 2.24) is 0 Å². The Bertz CT molecular complexity index is 3300. The second kappa shape index (κ2) is 14.7. The van der Waals surface area contributed by atoms with Crippen molar-refractivity contribution in [2.75, 3.05) is 9.80 Å². The molecule has 0 aliphatic heterocycles. The molecule has 0 fully saturated rings. The van der Waals surface area contributed by atoms with E-state index < -0.39 is 0 Å². The molecule has 12 aromatic rings. The molecule has 0 unspecified atom stereocenters. The standard InChI is InChI=1S/C58H38N2O2/c1-5-13-39(14-6-1)41-21-25-45(26-22-41)59(43-17-9-3-10-18-43)47-29-31-51-55(37-47)61-53-35-33-50-49(57(51)53)34-36-54-58(50)52-32-30-48(38-56(52)62-54)60(44-19-11-4-12-20-44)46-27-23-42(24-28-46)40-15-7-2-8-16-40/h1-38H. The lowest BCUT2D eigenvalue weighted by molar-refractivity contribution is 0.668. The zero-order chi connectivity index (χ0) is 41.0. The fourth-order valence-corrected chi connectivity index (χ4v) is 9.13. The zero-order valence-corrected chi connectivity index (χ0v) is 33.7. The van der Waals surface area contributed by atoms with Crippen LogP contribution in [0.2, 0.25) is 0 Å². The number of fused-ring (bicyclic) bond motifs is 9. The van der Waals surface area contributed by atoms with Crippen molar-refractivity contribution in [1.29, 1.82) is 0 Å². The van der Waals surface area contributed by atoms with E-state index in [0.717, 1.165) is 88.8 Å². The molecular formula is C58H38N2O2. The predicted octanol–water partition coefficient (Wildman–Crippen LogP) is 16.9. The predicted molar refractivity (Wildman–Crippen MR) is 259 cm³/mol. The van der Waals surface area contributed by atoms with Crippen molar-refractivity contribution in [3.63, 3.8) is 0 Å². The van der Waals surface area contributed by atoms with Crippen LogP contribution >= 0.6 is 0 Å². The average molecular weight is 795 g/mol. The molecule has 2 heterocycles. The van der Waals surface area contributed by atoms with Crippen molar-refractivity contribution in [2.45, 2.75) is 0 Å². The SMILES string of the molecule is c1ccc(-c2ccc(N(c3ccccc3)c3ccc4c(c3)oc3ccc5c(ccc6oc7cc(N(c8ccccc8)c8ccc(-c9ccccc9)cc8)ccc7c65)c34)cc2)cc1. The molecule has 0 saturated heterocycles. The monoisotopic (exact) mass is 794 g/mol. The molecule has 0 bridgehead atoms. The molecule has 62 heavy (non-hydrogen) atoms. The van der Waals surface area contributed by atoms with E-state index in [-0.39, 0.29) is 0 Å². The minimum atomic E-state index is 0.839. The molecule has 0 N–H and O–H groups in total. The molecule has 4 heteroatoms. The van der Waals surface area contributed by atoms with Gasteiger partial charge in [0.2, 0.25) is 0 Å². The van der Waals surface area contributed by atoms with Crippen molar-refractivity contribution >= 4 is 88.8 Å². The van der Waals surface area contributed by atoms with Crippen LogP contribution in [0.5, 0.6) is 0 Å². The maximum Gasteiger partial charge on any atom is 0.137 e. The summed E-state index contributed by atoms with van der Waals surface area (Å²) in [6, 6.07) is 81.3. The van der Waals surface area contributed by atoms with E-state index in [4.69, 9.17) is 8.83 Å². The van der Waals surface area contributed by atoms with E-state index >= 15 is 0 Å². The fourth-order valence-electron chi connectivity index (χ4n) is 9.13. The Hall–Kier alpha value is -8.34. The number of benzene rings is 10. The first-order valence-electron chi connectivity index (χ1n) is 21.0. The van der Waals surface area contributed by atoms with Crippen molar-refractivity contribution < 1.29 is 8.83 Å². The van der Waals surface area contributed by atoms with E-state index in [2.05, 4.69) is 240 Å². The lowest BCUT2D eigenvalue weighted by Gasteiger charge is -2.25. The van der Waals surface area contributed by atoms with Gasteiger partial charge < -0.3 is 18.6 Å². The van der Waals surface area contributed by atoms with E-state index in [9.17, 15) is 0 Å². The number of anilines is 6. The van der Waals surface area contributed by atoms with Crippen LogP contribution in [0.25, 0.3) is 76.9 Å². The molecule has 4 nitrogen and oxygen atoms in total. The number of para-hydroxylation sites is 2. The van der Waals surface area contributed by atoms with Gasteiger partial charge in [-0.2, -0.15) is 0 Å². The van der Waals surface area contributed by atoms with E-state index in [1.165, 1.54) is 22.3 Å². The summed E-state index contributed by atoms with van der Waals surface area (Å²) in [6.07, 6.45) is 0. The molecule has 2 aromatic heterocycles. The normalized spacial score (nSPS) is 11.5. The van der Waals surface area contributed by atoms with Gasteiger partial charge in [-0.3, -0.25) is 0 Å². The smallest absolute Gasteiger partial charge is 0.137 e. The lowest BCUT2D eigenvalue weighted by atomic mass is 9.99. The number of rotatable bonds is 8. The van der Waals surface area contributed by atoms with Gasteiger partial charge in [0.15, 0.2) is 0 Å². The highest BCUT2D eigenvalue weighted by Gasteiger charge is 2.20. The van der Waals surface area contributed by atoms with Crippen molar-refractivity contribution in [3.05, 3.63) is 231 Å². The largest absolute Gasteiger partial charge is 0.456 e. The summed E-state index contributed by atoms with van der Waals surface area (Å²) in [5.74, 6) is 0. The Kier molecular flexibility index (Phi) is 8.46. The van der Waals surface area contributed by atoms with Gasteiger partial charge >= 0.3 is 0 Å². The molecule has 0 saturated carbocycles. The van der Waals surface area contributed by atoms with Gasteiger partial charge in [-0.1, -0.05) is 121 Å². The molecular weight excluding hydrogens is 757 g/mol. The maximum atomic E-state index is 6.68. The van der Waals surface area contributed by atoms with Crippen LogP contribution in [0, 0.1) is 0 Å². The summed E-state index contributed by atoms with van der Waals surface area (Å²) in [5, 5.41) is 6.62. The van der Waals surface area contributed by atoms with Gasteiger partial charge in [0, 0.05) is 67.8 Å². The first kappa shape index (κ1) is 35.6. The van der Waals surface area contributed by atoms with Crippen LogP contribution in [-0.4, -0.2) is 0 Å². The second-order valence-corrected chi connectivity index (χ2v) is 15.7. The summed E-state index contributed by atoms with van der Waals surface area (Å²) < 4.78 is 13.4. The number of furan rings is 2. The Morgan fingerprint density at radius 3 is 0.919 bits per heavy atom. The van der Waals surface area contributed by atoms with Gasteiger partial charge in [0.05, 0.1) is 0 Å². The van der Waals surface area contributed by atoms with Crippen LogP contribution in [0.1, 0.15) is 0 Å². The van der Waals surface area contributed by atoms with Gasteiger partial charge in [-0.25, -0.2) is 0 Å². The van der Waals surface area contributed by atoms with Gasteiger partial charge in [0.1, 0.15) is 22.3 Å². The molecule has 0 aliphatic carbocycles. The number of hydrogen-bond donors (Lipinski definition) is 0. The maximum absolute atomic E-state index is 6.68.